The number of halogens is 2. The van der Waals surface area contributed by atoms with Crippen molar-refractivity contribution in [2.24, 2.45) is 5.73 Å². The first kappa shape index (κ1) is 25.0. The lowest BCUT2D eigenvalue weighted by Gasteiger charge is -2.30. The van der Waals surface area contributed by atoms with E-state index >= 15 is 0 Å². The summed E-state index contributed by atoms with van der Waals surface area (Å²) >= 11 is 3.26. The highest BCUT2D eigenvalue weighted by Gasteiger charge is 2.25. The number of hydrogen-bond donors (Lipinski definition) is 2. The number of sulfonamides is 1. The Balaban J connectivity index is 0.00000166. The van der Waals surface area contributed by atoms with Crippen LogP contribution in [0.15, 0.2) is 28.9 Å². The number of benzene rings is 1. The SMILES string of the molecule is CC.CS(=O)(=O)N1CCC(Nc2ncc(Br)c(Oc3cccc(F)c3C(N)=O)n2)CC1. The Morgan fingerprint density at radius 1 is 1.32 bits per heavy atom. The molecule has 1 aromatic heterocycles. The number of ether oxygens (including phenoxy) is 1. The van der Waals surface area contributed by atoms with Crippen molar-refractivity contribution < 1.29 is 22.3 Å². The third kappa shape index (κ3) is 6.58. The Kier molecular flexibility index (Phi) is 8.71. The molecule has 0 aliphatic carbocycles. The van der Waals surface area contributed by atoms with Gasteiger partial charge >= 0.3 is 0 Å². The second-order valence-electron chi connectivity index (χ2n) is 6.51. The van der Waals surface area contributed by atoms with E-state index in [0.717, 1.165) is 6.07 Å². The molecule has 1 amide bonds. The van der Waals surface area contributed by atoms with Gasteiger partial charge in [0, 0.05) is 19.1 Å². The minimum Gasteiger partial charge on any atom is -0.437 e. The molecule has 1 aromatic carbocycles. The van der Waals surface area contributed by atoms with Gasteiger partial charge in [0.25, 0.3) is 5.91 Å². The van der Waals surface area contributed by atoms with Crippen LogP contribution in [0.2, 0.25) is 0 Å². The first-order chi connectivity index (χ1) is 14.6. The fourth-order valence-electron chi connectivity index (χ4n) is 2.94. The highest BCUT2D eigenvalue weighted by atomic mass is 79.9. The average molecular weight is 518 g/mol. The second kappa shape index (κ2) is 10.8. The van der Waals surface area contributed by atoms with E-state index in [4.69, 9.17) is 10.5 Å². The van der Waals surface area contributed by atoms with Crippen molar-refractivity contribution >= 4 is 37.8 Å². The van der Waals surface area contributed by atoms with Gasteiger partial charge in [0.1, 0.15) is 17.1 Å². The zero-order valence-corrected chi connectivity index (χ0v) is 19.8. The van der Waals surface area contributed by atoms with Crippen molar-refractivity contribution in [2.75, 3.05) is 24.7 Å². The first-order valence-electron chi connectivity index (χ1n) is 9.65. The lowest BCUT2D eigenvalue weighted by atomic mass is 10.1. The number of hydrogen-bond acceptors (Lipinski definition) is 7. The summed E-state index contributed by atoms with van der Waals surface area (Å²) in [5.74, 6) is -1.48. The molecule has 0 radical (unpaired) electrons. The van der Waals surface area contributed by atoms with Crippen LogP contribution < -0.4 is 15.8 Å². The zero-order valence-electron chi connectivity index (χ0n) is 17.4. The minimum atomic E-state index is -3.20. The molecule has 2 heterocycles. The molecule has 170 valence electrons. The maximum atomic E-state index is 13.9. The van der Waals surface area contributed by atoms with Gasteiger partial charge in [-0.05, 0) is 40.9 Å². The molecule has 0 saturated carbocycles. The van der Waals surface area contributed by atoms with Crippen molar-refractivity contribution in [2.45, 2.75) is 32.7 Å². The van der Waals surface area contributed by atoms with Crippen LogP contribution in [0.4, 0.5) is 10.3 Å². The highest BCUT2D eigenvalue weighted by molar-refractivity contribution is 9.10. The monoisotopic (exact) mass is 517 g/mol. The number of primary amides is 1. The molecule has 1 aliphatic heterocycles. The number of piperidine rings is 1. The fourth-order valence-corrected chi connectivity index (χ4v) is 4.09. The van der Waals surface area contributed by atoms with E-state index in [1.54, 1.807) is 0 Å². The van der Waals surface area contributed by atoms with Crippen molar-refractivity contribution in [1.29, 1.82) is 0 Å². The highest BCUT2D eigenvalue weighted by Crippen LogP contribution is 2.31. The minimum absolute atomic E-state index is 0.0163. The van der Waals surface area contributed by atoms with E-state index in [1.807, 2.05) is 13.8 Å². The predicted molar refractivity (Wildman–Crippen MR) is 119 cm³/mol. The Bertz CT molecular complexity index is 1030. The molecule has 12 heteroatoms. The number of anilines is 1. The van der Waals surface area contributed by atoms with E-state index in [2.05, 4.69) is 31.2 Å². The third-order valence-corrected chi connectivity index (χ3v) is 6.24. The average Bonchev–Trinajstić information content (AvgIpc) is 2.71. The summed E-state index contributed by atoms with van der Waals surface area (Å²) in [6.45, 7) is 4.81. The molecule has 1 aliphatic rings. The van der Waals surface area contributed by atoms with E-state index in [-0.39, 0.29) is 29.2 Å². The number of amides is 1. The Morgan fingerprint density at radius 3 is 2.55 bits per heavy atom. The molecule has 0 atom stereocenters. The molecule has 0 unspecified atom stereocenters. The quantitative estimate of drug-likeness (QED) is 0.602. The van der Waals surface area contributed by atoms with Crippen LogP contribution in [0.3, 0.4) is 0 Å². The molecule has 9 nitrogen and oxygen atoms in total. The number of aromatic nitrogens is 2. The van der Waals surface area contributed by atoms with E-state index in [0.29, 0.717) is 30.4 Å². The Hall–Kier alpha value is -2.31. The zero-order chi connectivity index (χ0) is 23.2. The summed E-state index contributed by atoms with van der Waals surface area (Å²) in [6.07, 6.45) is 3.84. The number of carbonyl (C=O) groups excluding carboxylic acids is 1. The summed E-state index contributed by atoms with van der Waals surface area (Å²) in [6, 6.07) is 3.89. The molecule has 3 N–H and O–H groups in total. The molecule has 3 rings (SSSR count). The smallest absolute Gasteiger partial charge is 0.255 e. The first-order valence-corrected chi connectivity index (χ1v) is 12.3. The van der Waals surface area contributed by atoms with Crippen LogP contribution >= 0.6 is 15.9 Å². The number of nitrogens with two attached hydrogens (primary N) is 1. The Morgan fingerprint density at radius 2 is 1.97 bits per heavy atom. The molecular formula is C19H25BrFN5O4S. The predicted octanol–water partition coefficient (Wildman–Crippen LogP) is 3.13. The van der Waals surface area contributed by atoms with Gasteiger partial charge in [-0.25, -0.2) is 22.1 Å². The van der Waals surface area contributed by atoms with Crippen molar-refractivity contribution in [3.63, 3.8) is 0 Å². The van der Waals surface area contributed by atoms with Gasteiger partial charge < -0.3 is 15.8 Å². The molecule has 2 aromatic rings. The summed E-state index contributed by atoms with van der Waals surface area (Å²) in [5, 5.41) is 3.14. The number of rotatable bonds is 6. The maximum absolute atomic E-state index is 13.9. The number of nitrogens with zero attached hydrogens (tertiary/aromatic N) is 3. The number of nitrogens with one attached hydrogen (secondary N) is 1. The van der Waals surface area contributed by atoms with Gasteiger partial charge in [-0.1, -0.05) is 19.9 Å². The lowest BCUT2D eigenvalue weighted by molar-refractivity contribution is 0.0994. The lowest BCUT2D eigenvalue weighted by Crippen LogP contribution is -2.42. The fraction of sp³-hybridized carbons (Fsp3) is 0.421. The topological polar surface area (TPSA) is 128 Å². The summed E-state index contributed by atoms with van der Waals surface area (Å²) in [4.78, 5) is 20.0. The third-order valence-electron chi connectivity index (χ3n) is 4.40. The number of carbonyl (C=O) groups is 1. The van der Waals surface area contributed by atoms with Gasteiger partial charge in [0.2, 0.25) is 21.9 Å². The summed E-state index contributed by atoms with van der Waals surface area (Å²) in [7, 11) is -3.20. The van der Waals surface area contributed by atoms with Crippen LogP contribution in [0, 0.1) is 5.82 Å². The molecule has 1 saturated heterocycles. The molecular weight excluding hydrogens is 493 g/mol. The maximum Gasteiger partial charge on any atom is 0.255 e. The normalized spacial score (nSPS) is 15.0. The van der Waals surface area contributed by atoms with E-state index in [9.17, 15) is 17.6 Å². The molecule has 0 bridgehead atoms. The second-order valence-corrected chi connectivity index (χ2v) is 9.34. The molecule has 1 fully saturated rings. The Labute approximate surface area is 189 Å². The van der Waals surface area contributed by atoms with Gasteiger partial charge in [0.15, 0.2) is 0 Å². The van der Waals surface area contributed by atoms with Crippen LogP contribution in [-0.4, -0.2) is 54.0 Å². The summed E-state index contributed by atoms with van der Waals surface area (Å²) < 4.78 is 44.6. The van der Waals surface area contributed by atoms with Crippen LogP contribution in [0.5, 0.6) is 11.6 Å². The van der Waals surface area contributed by atoms with Gasteiger partial charge in [-0.3, -0.25) is 4.79 Å². The van der Waals surface area contributed by atoms with Crippen molar-refractivity contribution in [3.05, 3.63) is 40.2 Å². The van der Waals surface area contributed by atoms with Gasteiger partial charge in [-0.2, -0.15) is 4.98 Å². The van der Waals surface area contributed by atoms with E-state index in [1.165, 1.54) is 28.9 Å². The van der Waals surface area contributed by atoms with Crippen molar-refractivity contribution in [1.82, 2.24) is 14.3 Å². The van der Waals surface area contributed by atoms with E-state index < -0.39 is 21.7 Å². The van der Waals surface area contributed by atoms with Crippen LogP contribution in [-0.2, 0) is 10.0 Å². The molecule has 0 spiro atoms. The van der Waals surface area contributed by atoms with Crippen LogP contribution in [0.25, 0.3) is 0 Å². The van der Waals surface area contributed by atoms with Gasteiger partial charge in [-0.15, -0.1) is 0 Å². The van der Waals surface area contributed by atoms with Crippen LogP contribution in [0.1, 0.15) is 37.0 Å². The van der Waals surface area contributed by atoms with Crippen molar-refractivity contribution in [3.8, 4) is 11.6 Å². The summed E-state index contributed by atoms with van der Waals surface area (Å²) in [5.41, 5.74) is 4.87. The molecule has 31 heavy (non-hydrogen) atoms. The standard InChI is InChI=1S/C17H19BrFN5O4S.C2H6/c1-29(26,27)24-7-5-10(6-8-24)22-17-21-9-11(18)16(23-17)28-13-4-2-3-12(19)14(13)15(20)25;1-2/h2-4,9-10H,5-8H2,1H3,(H2,20,25)(H,21,22,23);1-2H3. The van der Waals surface area contributed by atoms with Gasteiger partial charge in [0.05, 0.1) is 16.9 Å². The largest absolute Gasteiger partial charge is 0.437 e.